The molecule has 1 aliphatic carbocycles. The Bertz CT molecular complexity index is 1920. The predicted octanol–water partition coefficient (Wildman–Crippen LogP) is 9.26. The zero-order chi connectivity index (χ0) is 36.1. The molecule has 8 nitrogen and oxygen atoms in total. The largest absolute Gasteiger partial charge is 0.418 e. The van der Waals surface area contributed by atoms with Gasteiger partial charge in [-0.05, 0) is 71.9 Å². The fraction of sp³-hybridized carbons (Fsp3) is 0.303. The standard InChI is InChI=1S/C17H15F3N2S.C16H14F3N3O3S/c1-3-23-15-4-10(2)8-22-16(15)12-5-11-6-13(17(18,19)20)9-21-14(11)7-12;1-3-26-14-4-9(2)7-21-15(14)13(23)6-11-12(22(24)25)5-10(8-20-11)16(17,18)19/h4,6-9H,3,5H2,1-2H3;4-5,7-8H,3,6H2,1-2H3. The number of rotatable bonds is 9. The molecule has 0 aromatic carbocycles. The molecule has 16 heteroatoms. The van der Waals surface area contributed by atoms with Gasteiger partial charge in [-0.2, -0.15) is 26.3 Å². The molecule has 4 heterocycles. The van der Waals surface area contributed by atoms with Crippen molar-refractivity contribution in [3.05, 3.63) is 110 Å². The molecule has 0 radical (unpaired) electrons. The number of allylic oxidation sites excluding steroid dienone is 1. The highest BCUT2D eigenvalue weighted by molar-refractivity contribution is 7.99. The Morgan fingerprint density at radius 1 is 0.816 bits per heavy atom. The molecule has 0 saturated heterocycles. The zero-order valence-electron chi connectivity index (χ0n) is 26.6. The van der Waals surface area contributed by atoms with Crippen molar-refractivity contribution in [2.75, 3.05) is 11.5 Å². The average Bonchev–Trinajstić information content (AvgIpc) is 3.44. The summed E-state index contributed by atoms with van der Waals surface area (Å²) < 4.78 is 76.6. The van der Waals surface area contributed by atoms with Gasteiger partial charge in [0.2, 0.25) is 0 Å². The number of nitrogens with zero attached hydrogens (tertiary/aromatic N) is 5. The average molecular weight is 722 g/mol. The van der Waals surface area contributed by atoms with Crippen LogP contribution in [0.4, 0.5) is 32.0 Å². The fourth-order valence-corrected chi connectivity index (χ4v) is 6.54. The molecule has 0 fully saturated rings. The summed E-state index contributed by atoms with van der Waals surface area (Å²) in [6.07, 6.45) is -2.72. The minimum atomic E-state index is -4.76. The van der Waals surface area contributed by atoms with Crippen LogP contribution in [0.5, 0.6) is 0 Å². The van der Waals surface area contributed by atoms with Gasteiger partial charge in [0.05, 0.1) is 33.9 Å². The molecule has 0 bridgehead atoms. The third-order valence-electron chi connectivity index (χ3n) is 6.97. The number of hydrogen-bond donors (Lipinski definition) is 0. The molecule has 0 unspecified atom stereocenters. The van der Waals surface area contributed by atoms with Gasteiger partial charge >= 0.3 is 12.4 Å². The third kappa shape index (κ3) is 9.44. The van der Waals surface area contributed by atoms with Crippen molar-refractivity contribution in [2.24, 2.45) is 0 Å². The minimum absolute atomic E-state index is 0.124. The van der Waals surface area contributed by atoms with Crippen LogP contribution >= 0.6 is 23.5 Å². The number of hydrogen-bond acceptors (Lipinski definition) is 9. The first-order valence-corrected chi connectivity index (χ1v) is 16.7. The third-order valence-corrected chi connectivity index (χ3v) is 8.79. The SMILES string of the molecule is CCSc1cc(C)cnc1C(=O)Cc1ncc(C(F)(F)F)cc1[N+](=O)[O-].CCSc1cc(C)cnc1C1=Cc2ncc(C(F)(F)F)cc2C1. The molecule has 4 aromatic rings. The first-order chi connectivity index (χ1) is 23.0. The number of carbonyl (C=O) groups excluding carboxylic acids is 1. The van der Waals surface area contributed by atoms with Crippen molar-refractivity contribution in [1.82, 2.24) is 19.9 Å². The van der Waals surface area contributed by atoms with E-state index in [1.807, 2.05) is 26.8 Å². The van der Waals surface area contributed by atoms with E-state index < -0.39 is 46.3 Å². The number of alkyl halides is 6. The molecule has 0 N–H and O–H groups in total. The number of aromatic nitrogens is 4. The highest BCUT2D eigenvalue weighted by Gasteiger charge is 2.35. The van der Waals surface area contributed by atoms with Crippen molar-refractivity contribution < 1.29 is 36.1 Å². The van der Waals surface area contributed by atoms with Crippen LogP contribution in [-0.2, 0) is 25.2 Å². The Balaban J connectivity index is 0.000000222. The number of pyridine rings is 4. The van der Waals surface area contributed by atoms with Crippen LogP contribution in [0.1, 0.15) is 69.2 Å². The lowest BCUT2D eigenvalue weighted by atomic mass is 10.1. The van der Waals surface area contributed by atoms with Gasteiger partial charge in [0.25, 0.3) is 5.69 Å². The second kappa shape index (κ2) is 15.5. The Morgan fingerprint density at radius 3 is 2.00 bits per heavy atom. The summed E-state index contributed by atoms with van der Waals surface area (Å²) in [5, 5.41) is 11.1. The van der Waals surface area contributed by atoms with Crippen LogP contribution in [0.15, 0.2) is 58.8 Å². The lowest BCUT2D eigenvalue weighted by Crippen LogP contribution is -2.13. The van der Waals surface area contributed by atoms with Gasteiger partial charge in [0, 0.05) is 47.1 Å². The molecule has 4 aromatic heterocycles. The predicted molar refractivity (Wildman–Crippen MR) is 175 cm³/mol. The van der Waals surface area contributed by atoms with Crippen molar-refractivity contribution >= 4 is 46.6 Å². The van der Waals surface area contributed by atoms with Gasteiger partial charge in [0.15, 0.2) is 5.78 Å². The van der Waals surface area contributed by atoms with Crippen LogP contribution in [0.25, 0.3) is 11.6 Å². The van der Waals surface area contributed by atoms with Crippen LogP contribution < -0.4 is 0 Å². The number of carbonyl (C=O) groups is 1. The van der Waals surface area contributed by atoms with E-state index in [-0.39, 0.29) is 11.4 Å². The highest BCUT2D eigenvalue weighted by Crippen LogP contribution is 2.38. The summed E-state index contributed by atoms with van der Waals surface area (Å²) in [6, 6.07) is 5.41. The molecule has 1 aliphatic rings. The molecule has 0 amide bonds. The number of ketones is 1. The Hall–Kier alpha value is -4.31. The topological polar surface area (TPSA) is 112 Å². The van der Waals surface area contributed by atoms with Crippen molar-refractivity contribution in [1.29, 1.82) is 0 Å². The van der Waals surface area contributed by atoms with Crippen LogP contribution in [0, 0.1) is 24.0 Å². The summed E-state index contributed by atoms with van der Waals surface area (Å²) in [5.41, 5.74) is 1.88. The molecule has 0 aliphatic heterocycles. The van der Waals surface area contributed by atoms with Gasteiger partial charge < -0.3 is 0 Å². The van der Waals surface area contributed by atoms with E-state index in [0.29, 0.717) is 40.6 Å². The summed E-state index contributed by atoms with van der Waals surface area (Å²) in [5.74, 6) is 1.05. The zero-order valence-corrected chi connectivity index (χ0v) is 28.2. The smallest absolute Gasteiger partial charge is 0.292 e. The first-order valence-electron chi connectivity index (χ1n) is 14.7. The maximum absolute atomic E-state index is 12.8. The van der Waals surface area contributed by atoms with E-state index in [9.17, 15) is 41.3 Å². The Labute approximate surface area is 286 Å². The molecule has 258 valence electrons. The van der Waals surface area contributed by atoms with E-state index >= 15 is 0 Å². The Morgan fingerprint density at radius 2 is 1.39 bits per heavy atom. The van der Waals surface area contributed by atoms with Crippen molar-refractivity contribution in [3.63, 3.8) is 0 Å². The number of Topliss-reactive ketones (excluding diaryl/α,β-unsaturated/α-hetero) is 1. The van der Waals surface area contributed by atoms with E-state index in [1.165, 1.54) is 24.0 Å². The number of fused-ring (bicyclic) bond motifs is 1. The van der Waals surface area contributed by atoms with E-state index in [1.54, 1.807) is 24.0 Å². The fourth-order valence-electron chi connectivity index (χ4n) is 4.75. The highest BCUT2D eigenvalue weighted by atomic mass is 32.2. The van der Waals surface area contributed by atoms with Gasteiger partial charge in [-0.1, -0.05) is 13.8 Å². The molecule has 0 saturated carbocycles. The summed E-state index contributed by atoms with van der Waals surface area (Å²) >= 11 is 3.07. The molecular weight excluding hydrogens is 693 g/mol. The second-order valence-corrected chi connectivity index (χ2v) is 13.4. The van der Waals surface area contributed by atoms with Crippen LogP contribution in [0.3, 0.4) is 0 Å². The quantitative estimate of drug-likeness (QED) is 0.0549. The van der Waals surface area contributed by atoms with Crippen molar-refractivity contribution in [3.8, 4) is 0 Å². The maximum Gasteiger partial charge on any atom is 0.418 e. The summed E-state index contributed by atoms with van der Waals surface area (Å²) in [6.45, 7) is 7.74. The normalized spacial score (nSPS) is 12.6. The second-order valence-electron chi connectivity index (χ2n) is 10.7. The van der Waals surface area contributed by atoms with Gasteiger partial charge in [-0.25, -0.2) is 0 Å². The number of halogens is 6. The van der Waals surface area contributed by atoms with Crippen LogP contribution in [-0.4, -0.2) is 42.1 Å². The lowest BCUT2D eigenvalue weighted by molar-refractivity contribution is -0.386. The van der Waals surface area contributed by atoms with Crippen molar-refractivity contribution in [2.45, 2.75) is 62.7 Å². The molecular formula is C33H29F6N5O3S2. The summed E-state index contributed by atoms with van der Waals surface area (Å²) in [7, 11) is 0. The number of thioether (sulfide) groups is 2. The van der Waals surface area contributed by atoms with Crippen LogP contribution in [0.2, 0.25) is 0 Å². The number of nitro groups is 1. The monoisotopic (exact) mass is 721 g/mol. The molecule has 49 heavy (non-hydrogen) atoms. The van der Waals surface area contributed by atoms with Gasteiger partial charge in [0.1, 0.15) is 11.4 Å². The van der Waals surface area contributed by atoms with Gasteiger partial charge in [-0.15, -0.1) is 23.5 Å². The molecule has 0 atom stereocenters. The molecule has 0 spiro atoms. The summed E-state index contributed by atoms with van der Waals surface area (Å²) in [4.78, 5) is 40.4. The molecule has 5 rings (SSSR count). The first kappa shape index (κ1) is 37.5. The lowest BCUT2D eigenvalue weighted by Gasteiger charge is -2.10. The Kier molecular flexibility index (Phi) is 11.9. The minimum Gasteiger partial charge on any atom is -0.292 e. The van der Waals surface area contributed by atoms with Gasteiger partial charge in [-0.3, -0.25) is 34.8 Å². The van der Waals surface area contributed by atoms with E-state index in [2.05, 4.69) is 32.9 Å². The van der Waals surface area contributed by atoms with E-state index in [4.69, 9.17) is 0 Å². The number of aryl methyl sites for hydroxylation is 2. The van der Waals surface area contributed by atoms with E-state index in [0.717, 1.165) is 39.2 Å². The maximum atomic E-state index is 12.8.